The molecule has 1 aromatic heterocycles. The number of hydrogen-bond donors (Lipinski definition) is 2. The minimum Gasteiger partial charge on any atom is -0.507 e. The molecule has 0 radical (unpaired) electrons. The Bertz CT molecular complexity index is 1450. The van der Waals surface area contributed by atoms with Crippen LogP contribution in [0.4, 0.5) is 4.39 Å². The molecule has 30 heavy (non-hydrogen) atoms. The average Bonchev–Trinajstić information content (AvgIpc) is 2.71. The lowest BCUT2D eigenvalue weighted by atomic mass is 9.98. The van der Waals surface area contributed by atoms with Crippen LogP contribution in [0.3, 0.4) is 0 Å². The van der Waals surface area contributed by atoms with Gasteiger partial charge in [0.15, 0.2) is 5.58 Å². The molecule has 0 aliphatic heterocycles. The van der Waals surface area contributed by atoms with Crippen molar-refractivity contribution in [2.24, 2.45) is 5.14 Å². The third-order valence-corrected chi connectivity index (χ3v) is 5.78. The molecule has 0 bridgehead atoms. The standard InChI is InChI=1S/C21H13ClFNO5S/c22-15-9-10-16(25)18-19(26)17(11-1-5-13(23)6-2-11)20(29-21(15)18)12-3-7-14(8-4-12)30(24,27)28/h1-10,25H,(H2,24,27,28). The second-order valence-corrected chi connectivity index (χ2v) is 8.45. The van der Waals surface area contributed by atoms with Crippen molar-refractivity contribution < 1.29 is 22.3 Å². The number of phenolic OH excluding ortho intramolecular Hbond substituents is 1. The maximum atomic E-state index is 13.4. The van der Waals surface area contributed by atoms with Gasteiger partial charge in [0.25, 0.3) is 0 Å². The zero-order valence-electron chi connectivity index (χ0n) is 15.1. The molecule has 0 saturated carbocycles. The molecular weight excluding hydrogens is 433 g/mol. The van der Waals surface area contributed by atoms with Crippen LogP contribution in [0, 0.1) is 5.82 Å². The number of hydrogen-bond acceptors (Lipinski definition) is 5. The molecule has 0 aliphatic carbocycles. The fraction of sp³-hybridized carbons (Fsp3) is 0. The largest absolute Gasteiger partial charge is 0.507 e. The molecule has 1 heterocycles. The predicted molar refractivity (Wildman–Crippen MR) is 111 cm³/mol. The van der Waals surface area contributed by atoms with Crippen LogP contribution in [-0.4, -0.2) is 13.5 Å². The van der Waals surface area contributed by atoms with E-state index in [1.807, 2.05) is 0 Å². The first-order valence-electron chi connectivity index (χ1n) is 8.54. The normalized spacial score (nSPS) is 11.7. The molecule has 0 unspecified atom stereocenters. The van der Waals surface area contributed by atoms with Gasteiger partial charge in [0.1, 0.15) is 22.7 Å². The second kappa shape index (κ2) is 7.24. The van der Waals surface area contributed by atoms with E-state index in [2.05, 4.69) is 0 Å². The Morgan fingerprint density at radius 3 is 2.13 bits per heavy atom. The Balaban J connectivity index is 2.09. The van der Waals surface area contributed by atoms with Crippen LogP contribution in [0.5, 0.6) is 5.75 Å². The van der Waals surface area contributed by atoms with Crippen molar-refractivity contribution in [3.63, 3.8) is 0 Å². The van der Waals surface area contributed by atoms with Crippen molar-refractivity contribution in [2.75, 3.05) is 0 Å². The first kappa shape index (κ1) is 20.1. The number of phenols is 1. The minimum absolute atomic E-state index is 0.0296. The first-order valence-corrected chi connectivity index (χ1v) is 10.5. The minimum atomic E-state index is -3.91. The van der Waals surface area contributed by atoms with Crippen molar-refractivity contribution in [1.82, 2.24) is 0 Å². The van der Waals surface area contributed by atoms with Gasteiger partial charge in [-0.1, -0.05) is 23.7 Å². The lowest BCUT2D eigenvalue weighted by Gasteiger charge is -2.12. The molecule has 0 fully saturated rings. The van der Waals surface area contributed by atoms with Gasteiger partial charge in [-0.3, -0.25) is 4.79 Å². The van der Waals surface area contributed by atoms with Crippen molar-refractivity contribution in [1.29, 1.82) is 0 Å². The van der Waals surface area contributed by atoms with Gasteiger partial charge in [-0.25, -0.2) is 17.9 Å². The van der Waals surface area contributed by atoms with E-state index in [-0.39, 0.29) is 38.0 Å². The van der Waals surface area contributed by atoms with Crippen molar-refractivity contribution >= 4 is 32.6 Å². The van der Waals surface area contributed by atoms with Gasteiger partial charge < -0.3 is 9.52 Å². The van der Waals surface area contributed by atoms with Crippen LogP contribution in [-0.2, 0) is 10.0 Å². The molecule has 9 heteroatoms. The molecule has 3 aromatic carbocycles. The summed E-state index contributed by atoms with van der Waals surface area (Å²) < 4.78 is 42.4. The third-order valence-electron chi connectivity index (χ3n) is 4.55. The van der Waals surface area contributed by atoms with E-state index in [1.165, 1.54) is 60.7 Å². The summed E-state index contributed by atoms with van der Waals surface area (Å²) in [6.45, 7) is 0. The summed E-state index contributed by atoms with van der Waals surface area (Å²) >= 11 is 6.18. The number of benzene rings is 3. The summed E-state index contributed by atoms with van der Waals surface area (Å²) in [5.74, 6) is -0.732. The van der Waals surface area contributed by atoms with Gasteiger partial charge >= 0.3 is 0 Å². The Morgan fingerprint density at radius 2 is 1.53 bits per heavy atom. The topological polar surface area (TPSA) is 111 Å². The van der Waals surface area contributed by atoms with E-state index in [1.54, 1.807) is 0 Å². The molecule has 6 nitrogen and oxygen atoms in total. The van der Waals surface area contributed by atoms with Crippen LogP contribution in [0.1, 0.15) is 0 Å². The van der Waals surface area contributed by atoms with E-state index in [4.69, 9.17) is 21.2 Å². The Morgan fingerprint density at radius 1 is 0.933 bits per heavy atom. The highest BCUT2D eigenvalue weighted by Gasteiger charge is 2.22. The van der Waals surface area contributed by atoms with Crippen LogP contribution < -0.4 is 10.6 Å². The summed E-state index contributed by atoms with van der Waals surface area (Å²) in [7, 11) is -3.91. The molecule has 0 saturated heterocycles. The van der Waals surface area contributed by atoms with Crippen LogP contribution in [0.25, 0.3) is 33.4 Å². The highest BCUT2D eigenvalue weighted by Crippen LogP contribution is 2.37. The summed E-state index contributed by atoms with van der Waals surface area (Å²) in [6, 6.07) is 13.2. The van der Waals surface area contributed by atoms with Crippen molar-refractivity contribution in [2.45, 2.75) is 4.90 Å². The van der Waals surface area contributed by atoms with E-state index < -0.39 is 21.3 Å². The first-order chi connectivity index (χ1) is 14.2. The van der Waals surface area contributed by atoms with Crippen LogP contribution in [0.15, 0.2) is 74.8 Å². The number of nitrogens with two attached hydrogens (primary N) is 1. The van der Waals surface area contributed by atoms with Gasteiger partial charge in [0.2, 0.25) is 15.5 Å². The number of sulfonamides is 1. The van der Waals surface area contributed by atoms with Crippen molar-refractivity contribution in [3.8, 4) is 28.2 Å². The molecular formula is C21H13ClFNO5S. The highest BCUT2D eigenvalue weighted by molar-refractivity contribution is 7.89. The van der Waals surface area contributed by atoms with Crippen molar-refractivity contribution in [3.05, 3.63) is 81.7 Å². The SMILES string of the molecule is NS(=O)(=O)c1ccc(-c2oc3c(Cl)ccc(O)c3c(=O)c2-c2ccc(F)cc2)cc1. The molecule has 3 N–H and O–H groups in total. The number of fused-ring (bicyclic) bond motifs is 1. The van der Waals surface area contributed by atoms with E-state index >= 15 is 0 Å². The number of aromatic hydroxyl groups is 1. The van der Waals surface area contributed by atoms with Gasteiger partial charge in [-0.15, -0.1) is 0 Å². The fourth-order valence-electron chi connectivity index (χ4n) is 3.13. The molecule has 152 valence electrons. The van der Waals surface area contributed by atoms with Gasteiger partial charge in [0, 0.05) is 5.56 Å². The number of halogens is 2. The summed E-state index contributed by atoms with van der Waals surface area (Å²) in [4.78, 5) is 13.2. The predicted octanol–water partition coefficient (Wildman–Crippen LogP) is 4.27. The molecule has 4 rings (SSSR count). The molecule has 0 aliphatic rings. The molecule has 0 atom stereocenters. The second-order valence-electron chi connectivity index (χ2n) is 6.48. The lowest BCUT2D eigenvalue weighted by Crippen LogP contribution is -2.12. The Labute approximate surface area is 175 Å². The number of rotatable bonds is 3. The van der Waals surface area contributed by atoms with Gasteiger partial charge in [-0.2, -0.15) is 0 Å². The van der Waals surface area contributed by atoms with Gasteiger partial charge in [0.05, 0.1) is 15.5 Å². The van der Waals surface area contributed by atoms with Gasteiger partial charge in [-0.05, 0) is 54.1 Å². The molecule has 0 amide bonds. The summed E-state index contributed by atoms with van der Waals surface area (Å²) in [6.07, 6.45) is 0. The average molecular weight is 446 g/mol. The highest BCUT2D eigenvalue weighted by atomic mass is 35.5. The quantitative estimate of drug-likeness (QED) is 0.489. The Kier molecular flexibility index (Phi) is 4.85. The summed E-state index contributed by atoms with van der Waals surface area (Å²) in [5.41, 5.74) is 0.159. The third kappa shape index (κ3) is 3.45. The van der Waals surface area contributed by atoms with E-state index in [9.17, 15) is 22.7 Å². The fourth-order valence-corrected chi connectivity index (χ4v) is 3.84. The van der Waals surface area contributed by atoms with Crippen LogP contribution in [0.2, 0.25) is 5.02 Å². The lowest BCUT2D eigenvalue weighted by molar-refractivity contribution is 0.480. The maximum absolute atomic E-state index is 13.4. The smallest absolute Gasteiger partial charge is 0.238 e. The molecule has 0 spiro atoms. The Hall–Kier alpha value is -3.20. The summed E-state index contributed by atoms with van der Waals surface area (Å²) in [5, 5.41) is 15.3. The number of primary sulfonamides is 1. The van der Waals surface area contributed by atoms with E-state index in [0.29, 0.717) is 11.1 Å². The van der Waals surface area contributed by atoms with Crippen LogP contribution >= 0.6 is 11.6 Å². The zero-order valence-corrected chi connectivity index (χ0v) is 16.7. The molecule has 4 aromatic rings. The zero-order chi connectivity index (χ0) is 21.6. The monoisotopic (exact) mass is 445 g/mol. The maximum Gasteiger partial charge on any atom is 0.238 e. The van der Waals surface area contributed by atoms with E-state index in [0.717, 1.165) is 0 Å².